The number of rotatable bonds is 6. The Balaban J connectivity index is 1.78. The van der Waals surface area contributed by atoms with Crippen molar-refractivity contribution in [2.75, 3.05) is 6.54 Å². The summed E-state index contributed by atoms with van der Waals surface area (Å²) < 4.78 is 0. The summed E-state index contributed by atoms with van der Waals surface area (Å²) in [6.07, 6.45) is 3.07. The molecule has 1 heterocycles. The van der Waals surface area contributed by atoms with Gasteiger partial charge in [0.15, 0.2) is 0 Å². The standard InChI is InChI=1S/C15H20N2S/c1-3-14-10-17-15(18-14)11-16-9-12(2)13-7-5-4-6-8-13/h4-8,10,12,16H,3,9,11H2,1-2H3. The number of nitrogens with one attached hydrogen (secondary N) is 1. The van der Waals surface area contributed by atoms with E-state index in [0.717, 1.165) is 19.5 Å². The van der Waals surface area contributed by atoms with Gasteiger partial charge in [-0.25, -0.2) is 4.98 Å². The Morgan fingerprint density at radius 2 is 2.06 bits per heavy atom. The second-order valence-electron chi connectivity index (χ2n) is 4.52. The quantitative estimate of drug-likeness (QED) is 0.858. The number of aromatic nitrogens is 1. The monoisotopic (exact) mass is 260 g/mol. The van der Waals surface area contributed by atoms with E-state index >= 15 is 0 Å². The minimum atomic E-state index is 0.539. The molecule has 0 aliphatic heterocycles. The van der Waals surface area contributed by atoms with Gasteiger partial charge in [-0.05, 0) is 17.9 Å². The van der Waals surface area contributed by atoms with Crippen LogP contribution in [-0.4, -0.2) is 11.5 Å². The summed E-state index contributed by atoms with van der Waals surface area (Å²) in [6.45, 7) is 6.29. The first-order chi connectivity index (χ1) is 8.79. The summed E-state index contributed by atoms with van der Waals surface area (Å²) >= 11 is 1.81. The minimum absolute atomic E-state index is 0.539. The topological polar surface area (TPSA) is 24.9 Å². The molecule has 1 atom stereocenters. The van der Waals surface area contributed by atoms with Gasteiger partial charge >= 0.3 is 0 Å². The van der Waals surface area contributed by atoms with Gasteiger partial charge in [-0.3, -0.25) is 0 Å². The smallest absolute Gasteiger partial charge is 0.107 e. The molecule has 0 bridgehead atoms. The summed E-state index contributed by atoms with van der Waals surface area (Å²) in [7, 11) is 0. The van der Waals surface area contributed by atoms with Crippen LogP contribution in [0.25, 0.3) is 0 Å². The molecule has 2 nitrogen and oxygen atoms in total. The van der Waals surface area contributed by atoms with Crippen molar-refractivity contribution in [1.29, 1.82) is 0 Å². The Labute approximate surface area is 113 Å². The highest BCUT2D eigenvalue weighted by atomic mass is 32.1. The third-order valence-corrected chi connectivity index (χ3v) is 4.19. The van der Waals surface area contributed by atoms with E-state index in [0.29, 0.717) is 5.92 Å². The van der Waals surface area contributed by atoms with Crippen LogP contribution in [0.2, 0.25) is 0 Å². The second kappa shape index (κ2) is 6.66. The van der Waals surface area contributed by atoms with Crippen LogP contribution in [0.4, 0.5) is 0 Å². The van der Waals surface area contributed by atoms with Crippen LogP contribution in [-0.2, 0) is 13.0 Å². The van der Waals surface area contributed by atoms with Crippen LogP contribution < -0.4 is 5.32 Å². The van der Waals surface area contributed by atoms with Gasteiger partial charge in [-0.15, -0.1) is 11.3 Å². The molecule has 1 aromatic heterocycles. The van der Waals surface area contributed by atoms with Crippen molar-refractivity contribution in [1.82, 2.24) is 10.3 Å². The van der Waals surface area contributed by atoms with Crippen LogP contribution >= 0.6 is 11.3 Å². The molecule has 96 valence electrons. The third kappa shape index (κ3) is 3.65. The predicted molar refractivity (Wildman–Crippen MR) is 78.1 cm³/mol. The molecule has 0 radical (unpaired) electrons. The van der Waals surface area contributed by atoms with Crippen LogP contribution in [0.1, 0.15) is 35.2 Å². The zero-order valence-electron chi connectivity index (χ0n) is 11.0. The van der Waals surface area contributed by atoms with Crippen molar-refractivity contribution in [2.45, 2.75) is 32.7 Å². The summed E-state index contributed by atoms with van der Waals surface area (Å²) in [6, 6.07) is 10.6. The van der Waals surface area contributed by atoms with E-state index in [4.69, 9.17) is 0 Å². The van der Waals surface area contributed by atoms with Gasteiger partial charge in [0.2, 0.25) is 0 Å². The van der Waals surface area contributed by atoms with E-state index in [9.17, 15) is 0 Å². The van der Waals surface area contributed by atoms with E-state index in [-0.39, 0.29) is 0 Å². The number of nitrogens with zero attached hydrogens (tertiary/aromatic N) is 1. The van der Waals surface area contributed by atoms with Gasteiger partial charge in [-0.2, -0.15) is 0 Å². The molecule has 0 saturated heterocycles. The molecule has 0 aliphatic rings. The highest BCUT2D eigenvalue weighted by Crippen LogP contribution is 2.15. The molecule has 3 heteroatoms. The van der Waals surface area contributed by atoms with E-state index in [2.05, 4.69) is 54.5 Å². The molecule has 18 heavy (non-hydrogen) atoms. The van der Waals surface area contributed by atoms with Gasteiger partial charge in [0.25, 0.3) is 0 Å². The molecule has 0 aliphatic carbocycles. The average molecular weight is 260 g/mol. The van der Waals surface area contributed by atoms with Gasteiger partial charge in [0.1, 0.15) is 5.01 Å². The zero-order chi connectivity index (χ0) is 12.8. The maximum atomic E-state index is 4.41. The van der Waals surface area contributed by atoms with Crippen LogP contribution in [0.15, 0.2) is 36.5 Å². The van der Waals surface area contributed by atoms with Crippen LogP contribution in [0, 0.1) is 0 Å². The zero-order valence-corrected chi connectivity index (χ0v) is 11.8. The van der Waals surface area contributed by atoms with Crippen molar-refractivity contribution in [2.24, 2.45) is 0 Å². The number of benzene rings is 1. The highest BCUT2D eigenvalue weighted by molar-refractivity contribution is 7.11. The fourth-order valence-electron chi connectivity index (χ4n) is 1.89. The van der Waals surface area contributed by atoms with Crippen molar-refractivity contribution in [3.63, 3.8) is 0 Å². The van der Waals surface area contributed by atoms with Crippen LogP contribution in [0.3, 0.4) is 0 Å². The van der Waals surface area contributed by atoms with Gasteiger partial charge in [0, 0.05) is 24.2 Å². The Morgan fingerprint density at radius 3 is 2.72 bits per heavy atom. The normalized spacial score (nSPS) is 12.6. The van der Waals surface area contributed by atoms with Gasteiger partial charge in [-0.1, -0.05) is 44.2 Å². The molecular weight excluding hydrogens is 240 g/mol. The molecule has 0 amide bonds. The third-order valence-electron chi connectivity index (χ3n) is 3.05. The van der Waals surface area contributed by atoms with Crippen LogP contribution in [0.5, 0.6) is 0 Å². The van der Waals surface area contributed by atoms with E-state index in [1.165, 1.54) is 15.4 Å². The summed E-state index contributed by atoms with van der Waals surface area (Å²) in [5.41, 5.74) is 1.39. The lowest BCUT2D eigenvalue weighted by atomic mass is 10.0. The van der Waals surface area contributed by atoms with Gasteiger partial charge in [0.05, 0.1) is 0 Å². The Hall–Kier alpha value is -1.19. The number of thiazole rings is 1. The van der Waals surface area contributed by atoms with Crippen molar-refractivity contribution in [3.8, 4) is 0 Å². The fourth-order valence-corrected chi connectivity index (χ4v) is 2.72. The average Bonchev–Trinajstić information content (AvgIpc) is 2.87. The summed E-state index contributed by atoms with van der Waals surface area (Å²) in [5, 5.41) is 4.67. The molecule has 2 rings (SSSR count). The molecule has 1 N–H and O–H groups in total. The Kier molecular flexibility index (Phi) is 4.90. The molecule has 0 saturated carbocycles. The minimum Gasteiger partial charge on any atom is -0.310 e. The number of hydrogen-bond acceptors (Lipinski definition) is 3. The lowest BCUT2D eigenvalue weighted by molar-refractivity contribution is 0.613. The molecular formula is C15H20N2S. The van der Waals surface area contributed by atoms with E-state index < -0.39 is 0 Å². The predicted octanol–water partition coefficient (Wildman–Crippen LogP) is 3.60. The second-order valence-corrected chi connectivity index (χ2v) is 5.72. The lowest BCUT2D eigenvalue weighted by Crippen LogP contribution is -2.19. The largest absolute Gasteiger partial charge is 0.310 e. The Bertz CT molecular complexity index is 464. The van der Waals surface area contributed by atoms with Crippen molar-refractivity contribution < 1.29 is 0 Å². The first-order valence-electron chi connectivity index (χ1n) is 6.49. The SMILES string of the molecule is CCc1cnc(CNCC(C)c2ccccc2)s1. The fraction of sp³-hybridized carbons (Fsp3) is 0.400. The maximum absolute atomic E-state index is 4.41. The molecule has 2 aromatic rings. The molecule has 0 fully saturated rings. The summed E-state index contributed by atoms with van der Waals surface area (Å²) in [5.74, 6) is 0.539. The van der Waals surface area contributed by atoms with Crippen molar-refractivity contribution >= 4 is 11.3 Å². The van der Waals surface area contributed by atoms with Crippen molar-refractivity contribution in [3.05, 3.63) is 52.0 Å². The number of hydrogen-bond donors (Lipinski definition) is 1. The lowest BCUT2D eigenvalue weighted by Gasteiger charge is -2.12. The van der Waals surface area contributed by atoms with E-state index in [1.54, 1.807) is 11.3 Å². The summed E-state index contributed by atoms with van der Waals surface area (Å²) in [4.78, 5) is 5.78. The van der Waals surface area contributed by atoms with Gasteiger partial charge < -0.3 is 5.32 Å². The molecule has 0 spiro atoms. The highest BCUT2D eigenvalue weighted by Gasteiger charge is 2.05. The Morgan fingerprint density at radius 1 is 1.28 bits per heavy atom. The first kappa shape index (κ1) is 13.2. The molecule has 1 unspecified atom stereocenters. The first-order valence-corrected chi connectivity index (χ1v) is 7.30. The number of aryl methyl sites for hydroxylation is 1. The maximum Gasteiger partial charge on any atom is 0.107 e. The molecule has 1 aromatic carbocycles. The van der Waals surface area contributed by atoms with E-state index in [1.807, 2.05) is 6.20 Å².